The number of hydrogen-bond acceptors (Lipinski definition) is 6. The Balaban J connectivity index is 1.79. The number of nitrogens with zero attached hydrogens (tertiary/aromatic N) is 3. The van der Waals surface area contributed by atoms with E-state index in [0.29, 0.717) is 34.1 Å². The van der Waals surface area contributed by atoms with Gasteiger partial charge in [-0.2, -0.15) is 0 Å². The van der Waals surface area contributed by atoms with E-state index in [-0.39, 0.29) is 0 Å². The molecule has 0 fully saturated rings. The first-order valence-electron chi connectivity index (χ1n) is 7.89. The van der Waals surface area contributed by atoms with Crippen molar-refractivity contribution in [2.24, 2.45) is 0 Å². The van der Waals surface area contributed by atoms with Crippen molar-refractivity contribution in [2.75, 3.05) is 16.4 Å². The average Bonchev–Trinajstić information content (AvgIpc) is 2.61. The Kier molecular flexibility index (Phi) is 5.00. The maximum absolute atomic E-state index is 6.18. The highest BCUT2D eigenvalue weighted by Crippen LogP contribution is 2.28. The minimum absolute atomic E-state index is 0.409. The number of benzene rings is 1. The van der Waals surface area contributed by atoms with Crippen molar-refractivity contribution in [1.29, 1.82) is 0 Å². The Morgan fingerprint density at radius 2 is 1.60 bits per heavy atom. The van der Waals surface area contributed by atoms with Crippen LogP contribution in [-0.4, -0.2) is 15.0 Å². The van der Waals surface area contributed by atoms with Gasteiger partial charge in [-0.05, 0) is 35.7 Å². The number of aromatic nitrogens is 3. The van der Waals surface area contributed by atoms with Crippen molar-refractivity contribution in [3.8, 4) is 0 Å². The van der Waals surface area contributed by atoms with Crippen LogP contribution in [0.1, 0.15) is 25.3 Å². The molecule has 0 saturated heterocycles. The second-order valence-electron chi connectivity index (χ2n) is 5.87. The SMILES string of the molecule is CC(C)c1ccc(Nc2ncnc(Nc3ccc(Cl)cn3)c2N)cc1. The number of nitrogens with two attached hydrogens (primary N) is 1. The molecule has 0 aliphatic heterocycles. The summed E-state index contributed by atoms with van der Waals surface area (Å²) < 4.78 is 0. The highest BCUT2D eigenvalue weighted by Gasteiger charge is 2.09. The van der Waals surface area contributed by atoms with Gasteiger partial charge >= 0.3 is 0 Å². The van der Waals surface area contributed by atoms with Gasteiger partial charge < -0.3 is 16.4 Å². The molecule has 2 heterocycles. The third kappa shape index (κ3) is 4.16. The lowest BCUT2D eigenvalue weighted by molar-refractivity contribution is 0.867. The molecule has 0 aliphatic carbocycles. The summed E-state index contributed by atoms with van der Waals surface area (Å²) in [7, 11) is 0. The smallest absolute Gasteiger partial charge is 0.160 e. The zero-order chi connectivity index (χ0) is 17.8. The molecule has 3 rings (SSSR count). The van der Waals surface area contributed by atoms with E-state index in [9.17, 15) is 0 Å². The summed E-state index contributed by atoms with van der Waals surface area (Å²) in [4.78, 5) is 12.6. The van der Waals surface area contributed by atoms with E-state index >= 15 is 0 Å². The summed E-state index contributed by atoms with van der Waals surface area (Å²) in [6.45, 7) is 4.32. The van der Waals surface area contributed by atoms with Crippen molar-refractivity contribution in [2.45, 2.75) is 19.8 Å². The molecular weight excluding hydrogens is 336 g/mol. The van der Waals surface area contributed by atoms with E-state index in [1.165, 1.54) is 11.9 Å². The van der Waals surface area contributed by atoms with Crippen LogP contribution >= 0.6 is 11.6 Å². The van der Waals surface area contributed by atoms with Crippen LogP contribution in [0.4, 0.5) is 28.8 Å². The van der Waals surface area contributed by atoms with Crippen LogP contribution in [-0.2, 0) is 0 Å². The van der Waals surface area contributed by atoms with Gasteiger partial charge in [0.05, 0.1) is 5.02 Å². The van der Waals surface area contributed by atoms with Crippen LogP contribution in [0.3, 0.4) is 0 Å². The molecule has 128 valence electrons. The summed E-state index contributed by atoms with van der Waals surface area (Å²) in [6.07, 6.45) is 3.00. The lowest BCUT2D eigenvalue weighted by Crippen LogP contribution is -2.05. The Labute approximate surface area is 151 Å². The molecule has 0 aliphatic rings. The number of anilines is 5. The van der Waals surface area contributed by atoms with Crippen molar-refractivity contribution >= 4 is 40.4 Å². The summed E-state index contributed by atoms with van der Waals surface area (Å²) in [5.74, 6) is 2.10. The summed E-state index contributed by atoms with van der Waals surface area (Å²) in [6, 6.07) is 11.7. The van der Waals surface area contributed by atoms with E-state index in [4.69, 9.17) is 17.3 Å². The Bertz CT molecular complexity index is 846. The topological polar surface area (TPSA) is 88.8 Å². The van der Waals surface area contributed by atoms with Crippen molar-refractivity contribution in [1.82, 2.24) is 15.0 Å². The minimum atomic E-state index is 0.409. The van der Waals surface area contributed by atoms with Crippen LogP contribution in [0.15, 0.2) is 48.9 Å². The molecule has 0 saturated carbocycles. The first-order chi connectivity index (χ1) is 12.0. The lowest BCUT2D eigenvalue weighted by Gasteiger charge is -2.13. The Morgan fingerprint density at radius 1 is 0.920 bits per heavy atom. The molecule has 0 unspecified atom stereocenters. The quantitative estimate of drug-likeness (QED) is 0.614. The second kappa shape index (κ2) is 7.36. The highest BCUT2D eigenvalue weighted by atomic mass is 35.5. The van der Waals surface area contributed by atoms with E-state index in [0.717, 1.165) is 5.69 Å². The maximum atomic E-state index is 6.18. The van der Waals surface area contributed by atoms with Crippen molar-refractivity contribution in [3.05, 3.63) is 59.5 Å². The van der Waals surface area contributed by atoms with Crippen LogP contribution < -0.4 is 16.4 Å². The van der Waals surface area contributed by atoms with Gasteiger partial charge in [0.2, 0.25) is 0 Å². The molecule has 0 bridgehead atoms. The number of pyridine rings is 1. The van der Waals surface area contributed by atoms with Gasteiger partial charge in [0, 0.05) is 11.9 Å². The van der Waals surface area contributed by atoms with Crippen LogP contribution in [0.25, 0.3) is 0 Å². The molecule has 25 heavy (non-hydrogen) atoms. The zero-order valence-corrected chi connectivity index (χ0v) is 14.7. The van der Waals surface area contributed by atoms with Crippen molar-refractivity contribution in [3.63, 3.8) is 0 Å². The van der Waals surface area contributed by atoms with E-state index in [2.05, 4.69) is 51.6 Å². The van der Waals surface area contributed by atoms with Gasteiger partial charge in [-0.25, -0.2) is 15.0 Å². The number of rotatable bonds is 5. The fourth-order valence-electron chi connectivity index (χ4n) is 2.25. The van der Waals surface area contributed by atoms with Gasteiger partial charge in [0.15, 0.2) is 11.6 Å². The number of nitrogens with one attached hydrogen (secondary N) is 2. The third-order valence-corrected chi connectivity index (χ3v) is 3.92. The monoisotopic (exact) mass is 354 g/mol. The van der Waals surface area contributed by atoms with Crippen molar-refractivity contribution < 1.29 is 0 Å². The maximum Gasteiger partial charge on any atom is 0.160 e. The standard InChI is InChI=1S/C18H19ClN6/c1-11(2)12-3-6-14(7-4-12)24-17-16(20)18(23-10-22-17)25-15-8-5-13(19)9-21-15/h3-11H,20H2,1-2H3,(H2,21,22,23,24,25). The van der Waals surface area contributed by atoms with E-state index in [1.807, 2.05) is 12.1 Å². The van der Waals surface area contributed by atoms with Gasteiger partial charge in [0.1, 0.15) is 17.8 Å². The molecule has 0 atom stereocenters. The fraction of sp³-hybridized carbons (Fsp3) is 0.167. The van der Waals surface area contributed by atoms with Gasteiger partial charge in [-0.15, -0.1) is 0 Å². The van der Waals surface area contributed by atoms with Gasteiger partial charge in [-0.1, -0.05) is 37.6 Å². The number of halogens is 1. The summed E-state index contributed by atoms with van der Waals surface area (Å²) >= 11 is 5.84. The second-order valence-corrected chi connectivity index (χ2v) is 6.31. The predicted molar refractivity (Wildman–Crippen MR) is 103 cm³/mol. The molecule has 7 heteroatoms. The zero-order valence-electron chi connectivity index (χ0n) is 14.0. The van der Waals surface area contributed by atoms with Gasteiger partial charge in [0.25, 0.3) is 0 Å². The van der Waals surface area contributed by atoms with E-state index < -0.39 is 0 Å². The average molecular weight is 355 g/mol. The lowest BCUT2D eigenvalue weighted by atomic mass is 10.0. The third-order valence-electron chi connectivity index (χ3n) is 3.70. The molecule has 3 aromatic rings. The van der Waals surface area contributed by atoms with Crippen LogP contribution in [0, 0.1) is 0 Å². The normalized spacial score (nSPS) is 10.7. The van der Waals surface area contributed by atoms with E-state index in [1.54, 1.807) is 18.3 Å². The molecule has 0 amide bonds. The molecule has 1 aromatic carbocycles. The van der Waals surface area contributed by atoms with Gasteiger partial charge in [-0.3, -0.25) is 0 Å². The first-order valence-corrected chi connectivity index (χ1v) is 8.27. The molecule has 2 aromatic heterocycles. The fourth-order valence-corrected chi connectivity index (χ4v) is 2.37. The number of nitrogen functional groups attached to an aromatic ring is 1. The molecular formula is C18H19ClN6. The molecule has 6 nitrogen and oxygen atoms in total. The minimum Gasteiger partial charge on any atom is -0.393 e. The summed E-state index contributed by atoms with van der Waals surface area (Å²) in [5.41, 5.74) is 8.78. The number of hydrogen-bond donors (Lipinski definition) is 3. The first kappa shape index (κ1) is 17.0. The molecule has 0 spiro atoms. The summed E-state index contributed by atoms with van der Waals surface area (Å²) in [5, 5.41) is 6.84. The predicted octanol–water partition coefficient (Wildman–Crippen LogP) is 4.72. The molecule has 0 radical (unpaired) electrons. The Morgan fingerprint density at radius 3 is 2.20 bits per heavy atom. The largest absolute Gasteiger partial charge is 0.393 e. The van der Waals surface area contributed by atoms with Crippen LogP contribution in [0.5, 0.6) is 0 Å². The van der Waals surface area contributed by atoms with Crippen LogP contribution in [0.2, 0.25) is 5.02 Å². The molecule has 4 N–H and O–H groups in total. The Hall–Kier alpha value is -2.86. The highest BCUT2D eigenvalue weighted by molar-refractivity contribution is 6.30.